The molecule has 0 unspecified atom stereocenters. The Morgan fingerprint density at radius 3 is 2.83 bits per heavy atom. The van der Waals surface area contributed by atoms with E-state index in [1.165, 1.54) is 11.3 Å². The third-order valence-corrected chi connectivity index (χ3v) is 4.44. The van der Waals surface area contributed by atoms with Crippen molar-refractivity contribution in [2.75, 3.05) is 5.32 Å². The number of benzene rings is 1. The van der Waals surface area contributed by atoms with Crippen LogP contribution in [0.25, 0.3) is 10.7 Å². The molecule has 1 N–H and O–H groups in total. The monoisotopic (exact) mass is 363 g/mol. The van der Waals surface area contributed by atoms with E-state index in [-0.39, 0.29) is 12.3 Å². The normalized spacial score (nSPS) is 10.5. The van der Waals surface area contributed by atoms with Gasteiger partial charge in [-0.15, -0.1) is 11.3 Å². The van der Waals surface area contributed by atoms with E-state index >= 15 is 0 Å². The number of nitrogens with one attached hydrogen (secondary N) is 1. The molecule has 0 fully saturated rings. The number of carbonyl (C=O) groups is 1. The van der Waals surface area contributed by atoms with Gasteiger partial charge in [-0.25, -0.2) is 4.98 Å². The molecule has 7 heteroatoms. The molecule has 0 aliphatic rings. The van der Waals surface area contributed by atoms with Crippen LogP contribution in [0.4, 0.5) is 5.69 Å². The molecule has 0 aliphatic carbocycles. The maximum Gasteiger partial charge on any atom is 0.230 e. The molecule has 0 radical (unpaired) electrons. The van der Waals surface area contributed by atoms with Gasteiger partial charge in [0.2, 0.25) is 5.91 Å². The Morgan fingerprint density at radius 2 is 2.09 bits per heavy atom. The Bertz CT molecular complexity index is 836. The summed E-state index contributed by atoms with van der Waals surface area (Å²) in [5.74, 6) is -0.188. The lowest BCUT2D eigenvalue weighted by Crippen LogP contribution is -2.14. The van der Waals surface area contributed by atoms with Crippen LogP contribution in [0, 0.1) is 0 Å². The fourth-order valence-electron chi connectivity index (χ4n) is 1.94. The molecule has 0 saturated carbocycles. The minimum atomic E-state index is -0.188. The van der Waals surface area contributed by atoms with E-state index in [0.29, 0.717) is 21.4 Å². The highest BCUT2D eigenvalue weighted by Gasteiger charge is 2.11. The molecule has 3 rings (SSSR count). The minimum absolute atomic E-state index is 0.169. The summed E-state index contributed by atoms with van der Waals surface area (Å²) in [6.45, 7) is 0. The van der Waals surface area contributed by atoms with Gasteiger partial charge in [-0.3, -0.25) is 9.78 Å². The number of pyridine rings is 1. The number of nitrogens with zero attached hydrogens (tertiary/aromatic N) is 2. The zero-order chi connectivity index (χ0) is 16.2. The molecule has 0 atom stereocenters. The van der Waals surface area contributed by atoms with Crippen LogP contribution in [0.1, 0.15) is 5.69 Å². The van der Waals surface area contributed by atoms with E-state index in [4.69, 9.17) is 23.2 Å². The number of rotatable bonds is 4. The van der Waals surface area contributed by atoms with Gasteiger partial charge in [0, 0.05) is 16.6 Å². The molecular formula is C16H11Cl2N3OS. The van der Waals surface area contributed by atoms with Crippen molar-refractivity contribution in [1.29, 1.82) is 0 Å². The molecule has 23 heavy (non-hydrogen) atoms. The van der Waals surface area contributed by atoms with Crippen molar-refractivity contribution < 1.29 is 4.79 Å². The van der Waals surface area contributed by atoms with Gasteiger partial charge >= 0.3 is 0 Å². The van der Waals surface area contributed by atoms with Gasteiger partial charge in [0.15, 0.2) is 0 Å². The number of hydrogen-bond donors (Lipinski definition) is 1. The van der Waals surface area contributed by atoms with Crippen molar-refractivity contribution in [2.24, 2.45) is 0 Å². The largest absolute Gasteiger partial charge is 0.324 e. The Balaban J connectivity index is 1.68. The van der Waals surface area contributed by atoms with Gasteiger partial charge in [-0.05, 0) is 30.3 Å². The lowest BCUT2D eigenvalue weighted by Gasteiger charge is -2.06. The molecule has 3 aromatic rings. The van der Waals surface area contributed by atoms with Crippen LogP contribution in [-0.2, 0) is 11.2 Å². The molecule has 0 bridgehead atoms. The van der Waals surface area contributed by atoms with Crippen LogP contribution < -0.4 is 5.32 Å². The van der Waals surface area contributed by atoms with Crippen molar-refractivity contribution >= 4 is 46.1 Å². The molecule has 116 valence electrons. The zero-order valence-electron chi connectivity index (χ0n) is 11.8. The van der Waals surface area contributed by atoms with Gasteiger partial charge in [-0.2, -0.15) is 0 Å². The average molecular weight is 364 g/mol. The lowest BCUT2D eigenvalue weighted by atomic mass is 10.3. The zero-order valence-corrected chi connectivity index (χ0v) is 14.1. The van der Waals surface area contributed by atoms with Crippen molar-refractivity contribution in [3.8, 4) is 10.7 Å². The summed E-state index contributed by atoms with van der Waals surface area (Å²) >= 11 is 13.3. The number of halogens is 2. The summed E-state index contributed by atoms with van der Waals surface area (Å²) in [5.41, 5.74) is 2.02. The maximum absolute atomic E-state index is 12.1. The molecule has 0 aliphatic heterocycles. The number of thiazole rings is 1. The summed E-state index contributed by atoms with van der Waals surface area (Å²) in [6.07, 6.45) is 1.88. The molecule has 0 spiro atoms. The number of carbonyl (C=O) groups excluding carboxylic acids is 1. The summed E-state index contributed by atoms with van der Waals surface area (Å²) in [6, 6.07) is 10.6. The number of anilines is 1. The second-order valence-electron chi connectivity index (χ2n) is 4.71. The second kappa shape index (κ2) is 7.08. The van der Waals surface area contributed by atoms with Gasteiger partial charge in [-0.1, -0.05) is 29.3 Å². The Labute approximate surface area is 147 Å². The topological polar surface area (TPSA) is 54.9 Å². The number of aromatic nitrogens is 2. The maximum atomic E-state index is 12.1. The third kappa shape index (κ3) is 4.07. The minimum Gasteiger partial charge on any atom is -0.324 e. The fourth-order valence-corrected chi connectivity index (χ4v) is 3.20. The predicted molar refractivity (Wildman–Crippen MR) is 94.1 cm³/mol. The standard InChI is InChI=1S/C16H11Cl2N3OS/c17-10-4-5-13(12(18)7-10)21-15(22)8-11-9-23-16(20-11)14-3-1-2-6-19-14/h1-7,9H,8H2,(H,21,22). The van der Waals surface area contributed by atoms with Crippen molar-refractivity contribution in [3.63, 3.8) is 0 Å². The Hall–Kier alpha value is -1.95. The Morgan fingerprint density at radius 1 is 1.22 bits per heavy atom. The van der Waals surface area contributed by atoms with Gasteiger partial charge in [0.1, 0.15) is 5.01 Å². The first-order valence-electron chi connectivity index (χ1n) is 6.72. The average Bonchev–Trinajstić information content (AvgIpc) is 2.99. The van der Waals surface area contributed by atoms with Crippen molar-refractivity contribution in [3.05, 3.63) is 63.7 Å². The first-order valence-corrected chi connectivity index (χ1v) is 8.36. The predicted octanol–water partition coefficient (Wildman–Crippen LogP) is 4.69. The van der Waals surface area contributed by atoms with Gasteiger partial charge < -0.3 is 5.32 Å². The molecule has 1 aromatic carbocycles. The van der Waals surface area contributed by atoms with Crippen molar-refractivity contribution in [1.82, 2.24) is 9.97 Å². The van der Waals surface area contributed by atoms with E-state index in [0.717, 1.165) is 10.7 Å². The highest BCUT2D eigenvalue weighted by Crippen LogP contribution is 2.26. The highest BCUT2D eigenvalue weighted by molar-refractivity contribution is 7.13. The van der Waals surface area contributed by atoms with Crippen LogP contribution in [0.15, 0.2) is 48.0 Å². The van der Waals surface area contributed by atoms with E-state index in [2.05, 4.69) is 15.3 Å². The van der Waals surface area contributed by atoms with Crippen molar-refractivity contribution in [2.45, 2.75) is 6.42 Å². The number of hydrogen-bond acceptors (Lipinski definition) is 4. The molecular weight excluding hydrogens is 353 g/mol. The van der Waals surface area contributed by atoms with Crippen LogP contribution >= 0.6 is 34.5 Å². The number of amides is 1. The van der Waals surface area contributed by atoms with Crippen LogP contribution in [0.3, 0.4) is 0 Å². The highest BCUT2D eigenvalue weighted by atomic mass is 35.5. The van der Waals surface area contributed by atoms with Crippen LogP contribution in [0.5, 0.6) is 0 Å². The van der Waals surface area contributed by atoms with Crippen LogP contribution in [0.2, 0.25) is 10.0 Å². The smallest absolute Gasteiger partial charge is 0.230 e. The summed E-state index contributed by atoms with van der Waals surface area (Å²) < 4.78 is 0. The second-order valence-corrected chi connectivity index (χ2v) is 6.41. The third-order valence-electron chi connectivity index (χ3n) is 2.98. The van der Waals surface area contributed by atoms with Crippen LogP contribution in [-0.4, -0.2) is 15.9 Å². The van der Waals surface area contributed by atoms with Gasteiger partial charge in [0.05, 0.1) is 28.5 Å². The summed E-state index contributed by atoms with van der Waals surface area (Å²) in [7, 11) is 0. The van der Waals surface area contributed by atoms with E-state index in [1.807, 2.05) is 23.6 Å². The van der Waals surface area contributed by atoms with Gasteiger partial charge in [0.25, 0.3) is 0 Å². The molecule has 1 amide bonds. The van der Waals surface area contributed by atoms with E-state index in [1.54, 1.807) is 24.4 Å². The molecule has 2 aromatic heterocycles. The first-order chi connectivity index (χ1) is 11.1. The lowest BCUT2D eigenvalue weighted by molar-refractivity contribution is -0.115. The first kappa shape index (κ1) is 15.9. The Kier molecular flexibility index (Phi) is 4.91. The SMILES string of the molecule is O=C(Cc1csc(-c2ccccn2)n1)Nc1ccc(Cl)cc1Cl. The quantitative estimate of drug-likeness (QED) is 0.731. The fraction of sp³-hybridized carbons (Fsp3) is 0.0625. The molecule has 2 heterocycles. The van der Waals surface area contributed by atoms with E-state index < -0.39 is 0 Å². The van der Waals surface area contributed by atoms with E-state index in [9.17, 15) is 4.79 Å². The summed E-state index contributed by atoms with van der Waals surface area (Å²) in [4.78, 5) is 20.8. The molecule has 4 nitrogen and oxygen atoms in total. The summed E-state index contributed by atoms with van der Waals surface area (Å²) in [5, 5.41) is 6.32. The molecule has 0 saturated heterocycles.